The third-order valence-corrected chi connectivity index (χ3v) is 7.28. The van der Waals surface area contributed by atoms with Crippen molar-refractivity contribution in [3.05, 3.63) is 74.9 Å². The van der Waals surface area contributed by atoms with Crippen LogP contribution in [0.25, 0.3) is 6.08 Å². The van der Waals surface area contributed by atoms with Crippen molar-refractivity contribution < 1.29 is 23.9 Å². The summed E-state index contributed by atoms with van der Waals surface area (Å²) in [5, 5.41) is 0. The molecule has 2 aliphatic rings. The van der Waals surface area contributed by atoms with Gasteiger partial charge in [-0.25, -0.2) is 9.59 Å². The third kappa shape index (κ3) is 7.12. The lowest BCUT2D eigenvalue weighted by Crippen LogP contribution is -2.55. The zero-order chi connectivity index (χ0) is 26.7. The first kappa shape index (κ1) is 27.2. The number of esters is 1. The quantitative estimate of drug-likeness (QED) is 0.239. The summed E-state index contributed by atoms with van der Waals surface area (Å²) in [5.74, 6) is 0.0630. The lowest BCUT2D eigenvalue weighted by atomic mass is 9.99. The zero-order valence-corrected chi connectivity index (χ0v) is 23.8. The van der Waals surface area contributed by atoms with Gasteiger partial charge in [0.15, 0.2) is 0 Å². The third-order valence-electron chi connectivity index (χ3n) is 6.56. The molecule has 8 heteroatoms. The summed E-state index contributed by atoms with van der Waals surface area (Å²) in [6.07, 6.45) is 3.92. The molecule has 2 amide bonds. The van der Waals surface area contributed by atoms with E-state index in [1.165, 1.54) is 16.2 Å². The summed E-state index contributed by atoms with van der Waals surface area (Å²) in [6, 6.07) is 15.5. The Bertz CT molecular complexity index is 1160. The second kappa shape index (κ2) is 11.2. The Balaban J connectivity index is 1.33. The lowest BCUT2D eigenvalue weighted by molar-refractivity contribution is -0.132. The van der Waals surface area contributed by atoms with Crippen LogP contribution < -0.4 is 0 Å². The molecule has 196 valence electrons. The fraction of sp³-hybridized carbons (Fsp3) is 0.414. The number of carbonyl (C=O) groups excluding carboxylic acids is 3. The number of methoxy groups -OCH3 is 1. The van der Waals surface area contributed by atoms with E-state index in [1.807, 2.05) is 25.7 Å². The summed E-state index contributed by atoms with van der Waals surface area (Å²) in [4.78, 5) is 40.9. The fourth-order valence-corrected chi connectivity index (χ4v) is 4.88. The Morgan fingerprint density at radius 2 is 1.70 bits per heavy atom. The number of rotatable bonds is 7. The number of nitrogens with zero attached hydrogens (tertiary/aromatic N) is 2. The van der Waals surface area contributed by atoms with Crippen molar-refractivity contribution >= 4 is 46.6 Å². The Hall–Kier alpha value is -2.88. The smallest absolute Gasteiger partial charge is 0.410 e. The van der Waals surface area contributed by atoms with Crippen molar-refractivity contribution in [2.75, 3.05) is 26.7 Å². The van der Waals surface area contributed by atoms with Crippen molar-refractivity contribution in [3.63, 3.8) is 0 Å². The minimum atomic E-state index is -0.565. The van der Waals surface area contributed by atoms with Crippen LogP contribution in [-0.4, -0.2) is 66.2 Å². The predicted octanol–water partition coefficient (Wildman–Crippen LogP) is 5.34. The molecule has 2 unspecified atom stereocenters. The molecule has 0 bridgehead atoms. The average molecular weight is 616 g/mol. The normalized spacial score (nSPS) is 19.3. The molecule has 1 aliphatic heterocycles. The maximum Gasteiger partial charge on any atom is 0.410 e. The van der Waals surface area contributed by atoms with E-state index in [2.05, 4.69) is 46.9 Å². The van der Waals surface area contributed by atoms with E-state index in [0.29, 0.717) is 31.1 Å². The molecule has 2 atom stereocenters. The summed E-state index contributed by atoms with van der Waals surface area (Å²) >= 11 is 2.30. The van der Waals surface area contributed by atoms with E-state index in [0.717, 1.165) is 12.0 Å². The highest BCUT2D eigenvalue weighted by Crippen LogP contribution is 2.45. The van der Waals surface area contributed by atoms with Crippen LogP contribution in [0.4, 0.5) is 4.79 Å². The summed E-state index contributed by atoms with van der Waals surface area (Å²) in [6.45, 7) is 7.42. The van der Waals surface area contributed by atoms with Gasteiger partial charge in [0, 0.05) is 47.2 Å². The monoisotopic (exact) mass is 616 g/mol. The van der Waals surface area contributed by atoms with Gasteiger partial charge in [0.2, 0.25) is 5.91 Å². The Morgan fingerprint density at radius 1 is 1.05 bits per heavy atom. The van der Waals surface area contributed by atoms with Crippen LogP contribution in [0, 0.1) is 9.49 Å². The second-order valence-corrected chi connectivity index (χ2v) is 11.9. The topological polar surface area (TPSA) is 76.2 Å². The maximum absolute atomic E-state index is 13.1. The van der Waals surface area contributed by atoms with Crippen molar-refractivity contribution in [1.82, 2.24) is 9.80 Å². The van der Waals surface area contributed by atoms with Gasteiger partial charge in [-0.2, -0.15) is 0 Å². The molecule has 2 aromatic carbocycles. The number of hydrogen-bond acceptors (Lipinski definition) is 5. The number of amides is 2. The molecule has 4 rings (SSSR count). The molecule has 1 heterocycles. The highest BCUT2D eigenvalue weighted by molar-refractivity contribution is 14.1. The Labute approximate surface area is 231 Å². The molecule has 0 N–H and O–H groups in total. The van der Waals surface area contributed by atoms with E-state index in [4.69, 9.17) is 9.47 Å². The minimum absolute atomic E-state index is 0.0692. The minimum Gasteiger partial charge on any atom is -0.465 e. The zero-order valence-electron chi connectivity index (χ0n) is 21.6. The fourth-order valence-electron chi connectivity index (χ4n) is 4.52. The summed E-state index contributed by atoms with van der Waals surface area (Å²) in [5.41, 5.74) is 1.97. The van der Waals surface area contributed by atoms with E-state index in [1.54, 1.807) is 41.3 Å². The van der Waals surface area contributed by atoms with Gasteiger partial charge < -0.3 is 19.3 Å². The molecule has 1 saturated carbocycles. The molecule has 7 nitrogen and oxygen atoms in total. The largest absolute Gasteiger partial charge is 0.465 e. The van der Waals surface area contributed by atoms with Crippen molar-refractivity contribution in [2.24, 2.45) is 5.92 Å². The van der Waals surface area contributed by atoms with Gasteiger partial charge in [-0.3, -0.25) is 4.79 Å². The first-order valence-electron chi connectivity index (χ1n) is 12.4. The number of halogens is 1. The van der Waals surface area contributed by atoms with E-state index >= 15 is 0 Å². The first-order valence-corrected chi connectivity index (χ1v) is 13.5. The van der Waals surface area contributed by atoms with Crippen LogP contribution in [0.3, 0.4) is 0 Å². The number of hydrogen-bond donors (Lipinski definition) is 0. The molecular formula is C29H33IN2O5. The van der Waals surface area contributed by atoms with Crippen LogP contribution in [0.15, 0.2) is 54.6 Å². The van der Waals surface area contributed by atoms with Crippen molar-refractivity contribution in [1.29, 1.82) is 0 Å². The van der Waals surface area contributed by atoms with E-state index < -0.39 is 11.6 Å². The van der Waals surface area contributed by atoms with Gasteiger partial charge in [0.05, 0.1) is 12.7 Å². The van der Waals surface area contributed by atoms with Gasteiger partial charge in [0.1, 0.15) is 5.60 Å². The molecule has 37 heavy (non-hydrogen) atoms. The van der Waals surface area contributed by atoms with Gasteiger partial charge in [-0.1, -0.05) is 24.3 Å². The number of likely N-dealkylation sites (tertiary alicyclic amines) is 1. The number of carbonyl (C=O) groups is 3. The predicted molar refractivity (Wildman–Crippen MR) is 150 cm³/mol. The number of benzene rings is 2. The van der Waals surface area contributed by atoms with Crippen LogP contribution in [0.5, 0.6) is 0 Å². The standard InChI is InChI=1S/C29H33IN2O5/c1-29(2,3)37-28(35)32(25-15-24(25)21-10-12-23(30)13-11-21)18-20-16-31(17-20)26(33)14-7-19-5-8-22(9-6-19)27(34)36-4/h5-14,20,24-25H,15-18H2,1-4H3/b14-7+. The SMILES string of the molecule is COC(=O)c1ccc(/C=C/C(=O)N2CC(CN(C(=O)OC(C)(C)C)C3CC3c3ccc(I)cc3)C2)cc1. The molecule has 0 spiro atoms. The van der Waals surface area contributed by atoms with Gasteiger partial charge in [-0.15, -0.1) is 0 Å². The number of ether oxygens (including phenoxy) is 2. The molecule has 0 radical (unpaired) electrons. The van der Waals surface area contributed by atoms with Gasteiger partial charge >= 0.3 is 12.1 Å². The van der Waals surface area contributed by atoms with E-state index in [9.17, 15) is 14.4 Å². The summed E-state index contributed by atoms with van der Waals surface area (Å²) in [7, 11) is 1.34. The highest BCUT2D eigenvalue weighted by Gasteiger charge is 2.47. The molecule has 2 fully saturated rings. The highest BCUT2D eigenvalue weighted by atomic mass is 127. The van der Waals surface area contributed by atoms with Crippen LogP contribution in [0.2, 0.25) is 0 Å². The van der Waals surface area contributed by atoms with Crippen molar-refractivity contribution in [3.8, 4) is 0 Å². The van der Waals surface area contributed by atoms with Gasteiger partial charge in [0.25, 0.3) is 0 Å². The summed E-state index contributed by atoms with van der Waals surface area (Å²) < 4.78 is 11.6. The Kier molecular flexibility index (Phi) is 8.26. The molecular weight excluding hydrogens is 583 g/mol. The first-order chi connectivity index (χ1) is 17.5. The second-order valence-electron chi connectivity index (χ2n) is 10.6. The molecule has 1 saturated heterocycles. The van der Waals surface area contributed by atoms with Crippen LogP contribution in [-0.2, 0) is 14.3 Å². The van der Waals surface area contributed by atoms with Crippen LogP contribution in [0.1, 0.15) is 54.6 Å². The maximum atomic E-state index is 13.1. The van der Waals surface area contributed by atoms with E-state index in [-0.39, 0.29) is 24.0 Å². The van der Waals surface area contributed by atoms with Crippen molar-refractivity contribution in [2.45, 2.75) is 44.8 Å². The van der Waals surface area contributed by atoms with Gasteiger partial charge in [-0.05, 0) is 91.3 Å². The molecule has 1 aliphatic carbocycles. The Morgan fingerprint density at radius 3 is 2.30 bits per heavy atom. The average Bonchev–Trinajstić information content (AvgIpc) is 3.61. The van der Waals surface area contributed by atoms with Crippen LogP contribution >= 0.6 is 22.6 Å². The molecule has 2 aromatic rings. The lowest BCUT2D eigenvalue weighted by Gasteiger charge is -2.41. The molecule has 0 aromatic heterocycles.